The number of nitrogens with two attached hydrogens (primary N) is 1. The van der Waals surface area contributed by atoms with Gasteiger partial charge in [0.05, 0.1) is 13.2 Å². The van der Waals surface area contributed by atoms with Crippen LogP contribution in [-0.4, -0.2) is 50.3 Å². The number of ether oxygens (including phenoxy) is 1. The van der Waals surface area contributed by atoms with Gasteiger partial charge in [-0.05, 0) is 29.9 Å². The standard InChI is InChI=1S/C19H32N4O.HI/c1-4-16-7-6-8-17(5-2)18(16)22-19(20)21-13-15(3)14-23-9-11-24-12-10-23;/h6-8,15H,4-5,9-14H2,1-3H3,(H3,20,21,22);1H. The summed E-state index contributed by atoms with van der Waals surface area (Å²) in [7, 11) is 0. The molecule has 0 saturated carbocycles. The van der Waals surface area contributed by atoms with E-state index in [9.17, 15) is 0 Å². The van der Waals surface area contributed by atoms with Gasteiger partial charge in [-0.3, -0.25) is 9.89 Å². The van der Waals surface area contributed by atoms with E-state index in [4.69, 9.17) is 10.5 Å². The van der Waals surface area contributed by atoms with E-state index in [1.54, 1.807) is 0 Å². The molecule has 142 valence electrons. The number of hydrogen-bond acceptors (Lipinski definition) is 3. The molecule has 6 heteroatoms. The summed E-state index contributed by atoms with van der Waals surface area (Å²) in [6.07, 6.45) is 1.97. The normalized spacial score (nSPS) is 17.0. The number of benzene rings is 1. The number of nitrogens with one attached hydrogen (secondary N) is 1. The smallest absolute Gasteiger partial charge is 0.193 e. The average Bonchev–Trinajstić information content (AvgIpc) is 2.61. The molecule has 5 nitrogen and oxygen atoms in total. The van der Waals surface area contributed by atoms with E-state index in [1.807, 2.05) is 0 Å². The van der Waals surface area contributed by atoms with E-state index in [2.05, 4.69) is 54.2 Å². The Hall–Kier alpha value is -0.860. The van der Waals surface area contributed by atoms with Gasteiger partial charge in [0.15, 0.2) is 5.96 Å². The van der Waals surface area contributed by atoms with Crippen molar-refractivity contribution in [1.29, 1.82) is 0 Å². The number of nitrogens with zero attached hydrogens (tertiary/aromatic N) is 2. The lowest BCUT2D eigenvalue weighted by Gasteiger charge is -2.28. The minimum atomic E-state index is 0. The van der Waals surface area contributed by atoms with Crippen LogP contribution in [0.4, 0.5) is 5.69 Å². The maximum atomic E-state index is 6.14. The average molecular weight is 460 g/mol. The highest BCUT2D eigenvalue weighted by Gasteiger charge is 2.13. The maximum Gasteiger partial charge on any atom is 0.193 e. The van der Waals surface area contributed by atoms with Crippen LogP contribution in [0, 0.1) is 5.92 Å². The molecule has 1 saturated heterocycles. The summed E-state index contributed by atoms with van der Waals surface area (Å²) in [6, 6.07) is 6.41. The second-order valence-electron chi connectivity index (χ2n) is 6.53. The molecule has 1 fully saturated rings. The van der Waals surface area contributed by atoms with Crippen molar-refractivity contribution in [3.63, 3.8) is 0 Å². The molecule has 1 heterocycles. The Balaban J connectivity index is 0.00000312. The highest BCUT2D eigenvalue weighted by Crippen LogP contribution is 2.22. The first kappa shape index (κ1) is 22.2. The first-order valence-corrected chi connectivity index (χ1v) is 9.11. The Bertz CT molecular complexity index is 522. The summed E-state index contributed by atoms with van der Waals surface area (Å²) < 4.78 is 5.39. The molecule has 1 atom stereocenters. The lowest BCUT2D eigenvalue weighted by Crippen LogP contribution is -2.39. The lowest BCUT2D eigenvalue weighted by molar-refractivity contribution is 0.0323. The van der Waals surface area contributed by atoms with Crippen LogP contribution in [0.5, 0.6) is 0 Å². The van der Waals surface area contributed by atoms with Crippen molar-refractivity contribution in [2.75, 3.05) is 44.7 Å². The van der Waals surface area contributed by atoms with Crippen LogP contribution in [0.2, 0.25) is 0 Å². The Morgan fingerprint density at radius 3 is 2.40 bits per heavy atom. The van der Waals surface area contributed by atoms with Crippen LogP contribution in [-0.2, 0) is 17.6 Å². The Kier molecular flexibility index (Phi) is 10.4. The van der Waals surface area contributed by atoms with Gasteiger partial charge in [-0.1, -0.05) is 39.0 Å². The van der Waals surface area contributed by atoms with Gasteiger partial charge in [0.1, 0.15) is 0 Å². The molecule has 0 aromatic heterocycles. The summed E-state index contributed by atoms with van der Waals surface area (Å²) in [5.41, 5.74) is 9.84. The summed E-state index contributed by atoms with van der Waals surface area (Å²) in [5.74, 6) is 0.995. The zero-order valence-electron chi connectivity index (χ0n) is 15.8. The number of aliphatic imine (C=N–C) groups is 1. The molecular weight excluding hydrogens is 427 g/mol. The van der Waals surface area contributed by atoms with E-state index in [1.165, 1.54) is 11.1 Å². The van der Waals surface area contributed by atoms with Crippen LogP contribution in [0.15, 0.2) is 23.2 Å². The van der Waals surface area contributed by atoms with Crippen molar-refractivity contribution in [3.05, 3.63) is 29.3 Å². The van der Waals surface area contributed by atoms with Gasteiger partial charge >= 0.3 is 0 Å². The number of anilines is 1. The third kappa shape index (κ3) is 7.11. The van der Waals surface area contributed by atoms with E-state index in [-0.39, 0.29) is 24.0 Å². The quantitative estimate of drug-likeness (QED) is 0.373. The molecule has 25 heavy (non-hydrogen) atoms. The number of guanidine groups is 1. The van der Waals surface area contributed by atoms with E-state index < -0.39 is 0 Å². The minimum Gasteiger partial charge on any atom is -0.379 e. The van der Waals surface area contributed by atoms with Gasteiger partial charge in [0, 0.05) is 31.9 Å². The Labute approximate surface area is 169 Å². The van der Waals surface area contributed by atoms with Crippen molar-refractivity contribution >= 4 is 35.6 Å². The zero-order valence-corrected chi connectivity index (χ0v) is 18.1. The molecule has 1 aromatic rings. The van der Waals surface area contributed by atoms with Crippen LogP contribution in [0.25, 0.3) is 0 Å². The summed E-state index contributed by atoms with van der Waals surface area (Å²) in [5, 5.41) is 3.33. The van der Waals surface area contributed by atoms with Gasteiger partial charge in [0.2, 0.25) is 0 Å². The molecule has 0 amide bonds. The van der Waals surface area contributed by atoms with Gasteiger partial charge in [0.25, 0.3) is 0 Å². The molecule has 3 N–H and O–H groups in total. The predicted molar refractivity (Wildman–Crippen MR) is 117 cm³/mol. The molecule has 1 aliphatic rings. The van der Waals surface area contributed by atoms with Crippen LogP contribution >= 0.6 is 24.0 Å². The fourth-order valence-electron chi connectivity index (χ4n) is 3.11. The molecule has 1 aliphatic heterocycles. The summed E-state index contributed by atoms with van der Waals surface area (Å²) in [6.45, 7) is 12.1. The van der Waals surface area contributed by atoms with E-state index >= 15 is 0 Å². The topological polar surface area (TPSA) is 62.9 Å². The van der Waals surface area contributed by atoms with Crippen molar-refractivity contribution in [3.8, 4) is 0 Å². The van der Waals surface area contributed by atoms with E-state index in [0.717, 1.165) is 57.9 Å². The second kappa shape index (κ2) is 11.7. The number of hydrogen-bond donors (Lipinski definition) is 2. The van der Waals surface area contributed by atoms with Gasteiger partial charge in [-0.15, -0.1) is 24.0 Å². The molecular formula is C19H33IN4O. The van der Waals surface area contributed by atoms with Crippen LogP contribution in [0.1, 0.15) is 31.9 Å². The molecule has 0 aliphatic carbocycles. The highest BCUT2D eigenvalue weighted by atomic mass is 127. The number of aryl methyl sites for hydroxylation is 2. The van der Waals surface area contributed by atoms with Crippen molar-refractivity contribution < 1.29 is 4.74 Å². The zero-order chi connectivity index (χ0) is 17.4. The van der Waals surface area contributed by atoms with Crippen LogP contribution in [0.3, 0.4) is 0 Å². The predicted octanol–water partition coefficient (Wildman–Crippen LogP) is 3.12. The number of para-hydroxylation sites is 1. The van der Waals surface area contributed by atoms with Gasteiger partial charge in [-0.25, -0.2) is 0 Å². The molecule has 1 aromatic carbocycles. The maximum absolute atomic E-state index is 6.14. The second-order valence-corrected chi connectivity index (χ2v) is 6.53. The third-order valence-corrected chi connectivity index (χ3v) is 4.50. The number of rotatable bonds is 7. The van der Waals surface area contributed by atoms with Gasteiger partial charge in [-0.2, -0.15) is 0 Å². The third-order valence-electron chi connectivity index (χ3n) is 4.50. The first-order valence-electron chi connectivity index (χ1n) is 9.11. The summed E-state index contributed by atoms with van der Waals surface area (Å²) >= 11 is 0. The van der Waals surface area contributed by atoms with Crippen molar-refractivity contribution in [1.82, 2.24) is 4.90 Å². The monoisotopic (exact) mass is 460 g/mol. The van der Waals surface area contributed by atoms with Crippen molar-refractivity contribution in [2.45, 2.75) is 33.6 Å². The molecule has 1 unspecified atom stereocenters. The largest absolute Gasteiger partial charge is 0.379 e. The van der Waals surface area contributed by atoms with Gasteiger partial charge < -0.3 is 15.8 Å². The Morgan fingerprint density at radius 1 is 1.24 bits per heavy atom. The minimum absolute atomic E-state index is 0. The highest BCUT2D eigenvalue weighted by molar-refractivity contribution is 14.0. The Morgan fingerprint density at radius 2 is 1.84 bits per heavy atom. The number of halogens is 1. The fourth-order valence-corrected chi connectivity index (χ4v) is 3.11. The van der Waals surface area contributed by atoms with Crippen LogP contribution < -0.4 is 11.1 Å². The fraction of sp³-hybridized carbons (Fsp3) is 0.632. The molecule has 0 bridgehead atoms. The molecule has 0 radical (unpaired) electrons. The van der Waals surface area contributed by atoms with Crippen molar-refractivity contribution in [2.24, 2.45) is 16.6 Å². The first-order chi connectivity index (χ1) is 11.6. The SMILES string of the molecule is CCc1cccc(CC)c1NC(N)=NCC(C)CN1CCOCC1.I. The lowest BCUT2D eigenvalue weighted by atomic mass is 10.0. The molecule has 2 rings (SSSR count). The van der Waals surface area contributed by atoms with E-state index in [0.29, 0.717) is 11.9 Å². The number of morpholine rings is 1. The summed E-state index contributed by atoms with van der Waals surface area (Å²) in [4.78, 5) is 7.00. The molecule has 0 spiro atoms.